The zero-order valence-electron chi connectivity index (χ0n) is 13.8. The van der Waals surface area contributed by atoms with E-state index in [1.54, 1.807) is 54.6 Å². The zero-order chi connectivity index (χ0) is 17.9. The third-order valence-electron chi connectivity index (χ3n) is 3.87. The summed E-state index contributed by atoms with van der Waals surface area (Å²) in [5.41, 5.74) is 2.57. The van der Waals surface area contributed by atoms with Gasteiger partial charge in [-0.1, -0.05) is 65.7 Å². The van der Waals surface area contributed by atoms with Crippen LogP contribution in [0.1, 0.15) is 11.1 Å². The first kappa shape index (κ1) is 17.5. The van der Waals surface area contributed by atoms with Gasteiger partial charge in [-0.05, 0) is 42.8 Å². The van der Waals surface area contributed by atoms with E-state index in [0.717, 1.165) is 11.1 Å². The predicted octanol–water partition coefficient (Wildman–Crippen LogP) is 5.04. The molecule has 0 aliphatic rings. The summed E-state index contributed by atoms with van der Waals surface area (Å²) in [6, 6.07) is 23.1. The Labute approximate surface area is 153 Å². The van der Waals surface area contributed by atoms with Crippen molar-refractivity contribution in [3.63, 3.8) is 0 Å². The second-order valence-corrected chi connectivity index (χ2v) is 8.09. The maximum Gasteiger partial charge on any atom is 0.264 e. The number of anilines is 1. The number of hydrogen-bond donors (Lipinski definition) is 0. The average molecular weight is 372 g/mol. The lowest BCUT2D eigenvalue weighted by atomic mass is 10.1. The standard InChI is InChI=1S/C20H18ClNO2S/c1-16-10-12-17(13-11-16)15-22(19-7-5-6-18(21)14-19)25(23,24)20-8-3-2-4-9-20/h2-14H,15H2,1H3. The Morgan fingerprint density at radius 2 is 1.56 bits per heavy atom. The first-order valence-corrected chi connectivity index (χ1v) is 9.67. The second-order valence-electron chi connectivity index (χ2n) is 5.79. The molecule has 0 amide bonds. The Morgan fingerprint density at radius 3 is 2.20 bits per heavy atom. The van der Waals surface area contributed by atoms with Gasteiger partial charge in [0, 0.05) is 5.02 Å². The van der Waals surface area contributed by atoms with Crippen LogP contribution in [-0.2, 0) is 16.6 Å². The van der Waals surface area contributed by atoms with Crippen molar-refractivity contribution in [3.05, 3.63) is 95.0 Å². The van der Waals surface area contributed by atoms with Crippen LogP contribution >= 0.6 is 11.6 Å². The summed E-state index contributed by atoms with van der Waals surface area (Å²) < 4.78 is 27.8. The summed E-state index contributed by atoms with van der Waals surface area (Å²) in [6.45, 7) is 2.23. The van der Waals surface area contributed by atoms with Gasteiger partial charge in [0.25, 0.3) is 10.0 Å². The van der Waals surface area contributed by atoms with E-state index in [1.165, 1.54) is 4.31 Å². The number of nitrogens with zero attached hydrogens (tertiary/aromatic N) is 1. The lowest BCUT2D eigenvalue weighted by Crippen LogP contribution is -2.30. The normalized spacial score (nSPS) is 11.3. The van der Waals surface area contributed by atoms with Crippen LogP contribution in [0, 0.1) is 6.92 Å². The third kappa shape index (κ3) is 4.03. The maximum atomic E-state index is 13.2. The molecule has 3 aromatic rings. The zero-order valence-corrected chi connectivity index (χ0v) is 15.3. The lowest BCUT2D eigenvalue weighted by molar-refractivity contribution is 0.590. The molecule has 0 unspecified atom stereocenters. The fraction of sp³-hybridized carbons (Fsp3) is 0.100. The summed E-state index contributed by atoms with van der Waals surface area (Å²) in [6.07, 6.45) is 0. The number of sulfonamides is 1. The summed E-state index contributed by atoms with van der Waals surface area (Å²) in [5.74, 6) is 0. The van der Waals surface area contributed by atoms with E-state index in [4.69, 9.17) is 11.6 Å². The molecule has 0 radical (unpaired) electrons. The van der Waals surface area contributed by atoms with Crippen molar-refractivity contribution in [2.75, 3.05) is 4.31 Å². The molecule has 0 saturated carbocycles. The van der Waals surface area contributed by atoms with Crippen LogP contribution in [0.15, 0.2) is 83.8 Å². The number of halogens is 1. The van der Waals surface area contributed by atoms with Gasteiger partial charge in [0.1, 0.15) is 0 Å². The minimum atomic E-state index is -3.70. The molecule has 3 nitrogen and oxygen atoms in total. The van der Waals surface area contributed by atoms with Gasteiger partial charge >= 0.3 is 0 Å². The average Bonchev–Trinajstić information content (AvgIpc) is 2.62. The van der Waals surface area contributed by atoms with Crippen LogP contribution in [0.3, 0.4) is 0 Å². The Morgan fingerprint density at radius 1 is 0.880 bits per heavy atom. The molecule has 0 bridgehead atoms. The largest absolute Gasteiger partial charge is 0.264 e. The third-order valence-corrected chi connectivity index (χ3v) is 5.90. The van der Waals surface area contributed by atoms with Crippen LogP contribution in [0.5, 0.6) is 0 Å². The topological polar surface area (TPSA) is 37.4 Å². The predicted molar refractivity (Wildman–Crippen MR) is 102 cm³/mol. The van der Waals surface area contributed by atoms with Crippen molar-refractivity contribution in [1.82, 2.24) is 0 Å². The Bertz CT molecular complexity index is 955. The van der Waals surface area contributed by atoms with E-state index in [9.17, 15) is 8.42 Å². The van der Waals surface area contributed by atoms with Crippen molar-refractivity contribution in [2.45, 2.75) is 18.4 Å². The van der Waals surface area contributed by atoms with Gasteiger partial charge in [0.15, 0.2) is 0 Å². The molecule has 0 aliphatic heterocycles. The smallest absolute Gasteiger partial charge is 0.262 e. The molecule has 0 aliphatic carbocycles. The van der Waals surface area contributed by atoms with Crippen LogP contribution in [0.25, 0.3) is 0 Å². The monoisotopic (exact) mass is 371 g/mol. The molecule has 25 heavy (non-hydrogen) atoms. The minimum Gasteiger partial charge on any atom is -0.262 e. The first-order valence-electron chi connectivity index (χ1n) is 7.86. The molecule has 128 valence electrons. The fourth-order valence-electron chi connectivity index (χ4n) is 2.53. The highest BCUT2D eigenvalue weighted by molar-refractivity contribution is 7.92. The number of aryl methyl sites for hydroxylation is 1. The number of rotatable bonds is 5. The van der Waals surface area contributed by atoms with Gasteiger partial charge in [-0.25, -0.2) is 8.42 Å². The number of benzene rings is 3. The van der Waals surface area contributed by atoms with Crippen molar-refractivity contribution in [3.8, 4) is 0 Å². The van der Waals surface area contributed by atoms with Gasteiger partial charge in [0.05, 0.1) is 17.1 Å². The SMILES string of the molecule is Cc1ccc(CN(c2cccc(Cl)c2)S(=O)(=O)c2ccccc2)cc1. The lowest BCUT2D eigenvalue weighted by Gasteiger charge is -2.25. The van der Waals surface area contributed by atoms with Gasteiger partial charge in [0.2, 0.25) is 0 Å². The van der Waals surface area contributed by atoms with Crippen LogP contribution < -0.4 is 4.31 Å². The van der Waals surface area contributed by atoms with Gasteiger partial charge < -0.3 is 0 Å². The van der Waals surface area contributed by atoms with E-state index < -0.39 is 10.0 Å². The van der Waals surface area contributed by atoms with E-state index in [0.29, 0.717) is 10.7 Å². The second kappa shape index (κ2) is 7.30. The molecule has 0 atom stereocenters. The van der Waals surface area contributed by atoms with E-state index in [-0.39, 0.29) is 11.4 Å². The molecule has 3 aromatic carbocycles. The number of hydrogen-bond acceptors (Lipinski definition) is 2. The molecule has 3 rings (SSSR count). The minimum absolute atomic E-state index is 0.234. The molecule has 0 N–H and O–H groups in total. The Kier molecular flexibility index (Phi) is 5.11. The molecular formula is C20H18ClNO2S. The fourth-order valence-corrected chi connectivity index (χ4v) is 4.18. The van der Waals surface area contributed by atoms with Gasteiger partial charge in [-0.3, -0.25) is 4.31 Å². The molecule has 0 saturated heterocycles. The van der Waals surface area contributed by atoms with Crippen molar-refractivity contribution >= 4 is 27.3 Å². The summed E-state index contributed by atoms with van der Waals surface area (Å²) in [7, 11) is -3.70. The van der Waals surface area contributed by atoms with E-state index >= 15 is 0 Å². The summed E-state index contributed by atoms with van der Waals surface area (Å²) in [5, 5.41) is 0.495. The van der Waals surface area contributed by atoms with Crippen molar-refractivity contribution in [1.29, 1.82) is 0 Å². The molecule has 5 heteroatoms. The van der Waals surface area contributed by atoms with Crippen LogP contribution in [0.4, 0.5) is 5.69 Å². The molecule has 0 aromatic heterocycles. The highest BCUT2D eigenvalue weighted by Crippen LogP contribution is 2.28. The first-order chi connectivity index (χ1) is 12.0. The summed E-state index contributed by atoms with van der Waals surface area (Å²) >= 11 is 6.09. The van der Waals surface area contributed by atoms with Gasteiger partial charge in [-0.15, -0.1) is 0 Å². The highest BCUT2D eigenvalue weighted by Gasteiger charge is 2.25. The van der Waals surface area contributed by atoms with Gasteiger partial charge in [-0.2, -0.15) is 0 Å². The van der Waals surface area contributed by atoms with Crippen LogP contribution in [0.2, 0.25) is 5.02 Å². The molecule has 0 heterocycles. The Hall–Kier alpha value is -2.30. The molecule has 0 spiro atoms. The molecule has 0 fully saturated rings. The Balaban J connectivity index is 2.07. The highest BCUT2D eigenvalue weighted by atomic mass is 35.5. The summed E-state index contributed by atoms with van der Waals surface area (Å²) in [4.78, 5) is 0.252. The van der Waals surface area contributed by atoms with E-state index in [1.807, 2.05) is 31.2 Å². The quantitative estimate of drug-likeness (QED) is 0.629. The van der Waals surface area contributed by atoms with E-state index in [2.05, 4.69) is 0 Å². The van der Waals surface area contributed by atoms with Crippen molar-refractivity contribution < 1.29 is 8.42 Å². The van der Waals surface area contributed by atoms with Crippen LogP contribution in [-0.4, -0.2) is 8.42 Å². The maximum absolute atomic E-state index is 13.2. The van der Waals surface area contributed by atoms with Crippen molar-refractivity contribution in [2.24, 2.45) is 0 Å². The molecular weight excluding hydrogens is 354 g/mol.